The number of hydrogen-bond acceptors (Lipinski definition) is 3. The first-order valence-electron chi connectivity index (χ1n) is 4.94. The Morgan fingerprint density at radius 2 is 2.50 bits per heavy atom. The third kappa shape index (κ3) is 1.98. The van der Waals surface area contributed by atoms with E-state index in [1.165, 1.54) is 19.4 Å². The van der Waals surface area contributed by atoms with Crippen molar-refractivity contribution >= 4 is 15.9 Å². The molecule has 2 rings (SSSR count). The summed E-state index contributed by atoms with van der Waals surface area (Å²) < 4.78 is 1.85. The molecule has 0 bridgehead atoms. The van der Waals surface area contributed by atoms with Crippen molar-refractivity contribution in [3.63, 3.8) is 0 Å². The van der Waals surface area contributed by atoms with Gasteiger partial charge in [-0.15, -0.1) is 0 Å². The maximum Gasteiger partial charge on any atom is 0.140 e. The third-order valence-corrected chi connectivity index (χ3v) is 3.57. The first kappa shape index (κ1) is 10.1. The van der Waals surface area contributed by atoms with Crippen LogP contribution in [0.4, 0.5) is 0 Å². The molecule has 5 heteroatoms. The lowest BCUT2D eigenvalue weighted by atomic mass is 10.2. The van der Waals surface area contributed by atoms with E-state index in [0.717, 1.165) is 17.7 Å². The Morgan fingerprint density at radius 3 is 3.14 bits per heavy atom. The summed E-state index contributed by atoms with van der Waals surface area (Å²) in [7, 11) is 1.95. The largest absolute Gasteiger partial charge is 0.292 e. The van der Waals surface area contributed by atoms with Gasteiger partial charge in [-0.25, -0.2) is 4.98 Å². The van der Waals surface area contributed by atoms with Crippen LogP contribution in [0.1, 0.15) is 18.7 Å². The summed E-state index contributed by atoms with van der Waals surface area (Å²) in [5.74, 6) is 1.05. The summed E-state index contributed by atoms with van der Waals surface area (Å²) in [6.07, 6.45) is 4.21. The van der Waals surface area contributed by atoms with Gasteiger partial charge in [0.25, 0.3) is 0 Å². The molecule has 0 aliphatic carbocycles. The second kappa shape index (κ2) is 4.40. The van der Waals surface area contributed by atoms with Gasteiger partial charge in [0, 0.05) is 18.4 Å². The van der Waals surface area contributed by atoms with E-state index in [0.29, 0.717) is 6.04 Å². The average molecular weight is 259 g/mol. The van der Waals surface area contributed by atoms with Gasteiger partial charge in [-0.1, -0.05) is 15.9 Å². The summed E-state index contributed by atoms with van der Waals surface area (Å²) in [6, 6.07) is 0.673. The molecule has 0 N–H and O–H groups in total. The van der Waals surface area contributed by atoms with Gasteiger partial charge >= 0.3 is 0 Å². The van der Waals surface area contributed by atoms with Crippen molar-refractivity contribution in [2.24, 2.45) is 7.05 Å². The van der Waals surface area contributed by atoms with E-state index in [1.54, 1.807) is 6.33 Å². The van der Waals surface area contributed by atoms with Gasteiger partial charge in [0.1, 0.15) is 12.2 Å². The van der Waals surface area contributed by atoms with Crippen molar-refractivity contribution < 1.29 is 0 Å². The number of halogens is 1. The van der Waals surface area contributed by atoms with E-state index in [4.69, 9.17) is 0 Å². The van der Waals surface area contributed by atoms with Crippen LogP contribution < -0.4 is 0 Å². The summed E-state index contributed by atoms with van der Waals surface area (Å²) in [6.45, 7) is 2.11. The van der Waals surface area contributed by atoms with Crippen molar-refractivity contribution in [1.82, 2.24) is 19.7 Å². The average Bonchev–Trinajstić information content (AvgIpc) is 2.77. The Bertz CT molecular complexity index is 299. The molecule has 0 spiro atoms. The summed E-state index contributed by atoms with van der Waals surface area (Å²) in [5, 5.41) is 5.14. The van der Waals surface area contributed by atoms with Crippen LogP contribution in [0.5, 0.6) is 0 Å². The first-order chi connectivity index (χ1) is 6.81. The first-order valence-corrected chi connectivity index (χ1v) is 6.06. The van der Waals surface area contributed by atoms with Crippen LogP contribution in [0.2, 0.25) is 0 Å². The number of alkyl halides is 1. The molecule has 1 saturated heterocycles. The topological polar surface area (TPSA) is 34.0 Å². The molecule has 0 saturated carbocycles. The highest BCUT2D eigenvalue weighted by atomic mass is 79.9. The summed E-state index contributed by atoms with van der Waals surface area (Å²) in [4.78, 5) is 6.71. The van der Waals surface area contributed by atoms with Crippen LogP contribution in [0.3, 0.4) is 0 Å². The SMILES string of the molecule is Cn1ncnc1CN1CCCC1CBr. The molecule has 1 fully saturated rings. The molecule has 78 valence electrons. The van der Waals surface area contributed by atoms with Gasteiger partial charge in [0.05, 0.1) is 6.54 Å². The highest BCUT2D eigenvalue weighted by Gasteiger charge is 2.24. The Kier molecular flexibility index (Phi) is 3.18. The lowest BCUT2D eigenvalue weighted by molar-refractivity contribution is 0.254. The standard InChI is InChI=1S/C9H15BrN4/c1-13-9(11-7-12-13)6-14-4-2-3-8(14)5-10/h7-8H,2-6H2,1H3. The van der Waals surface area contributed by atoms with E-state index in [9.17, 15) is 0 Å². The highest BCUT2D eigenvalue weighted by molar-refractivity contribution is 9.09. The zero-order valence-electron chi connectivity index (χ0n) is 8.36. The fourth-order valence-electron chi connectivity index (χ4n) is 1.92. The Morgan fingerprint density at radius 1 is 1.64 bits per heavy atom. The van der Waals surface area contributed by atoms with Crippen LogP contribution in [0, 0.1) is 0 Å². The zero-order valence-corrected chi connectivity index (χ0v) is 9.94. The molecule has 14 heavy (non-hydrogen) atoms. The molecule has 0 radical (unpaired) electrons. The Balaban J connectivity index is 2.00. The second-order valence-corrected chi connectivity index (χ2v) is 4.37. The monoisotopic (exact) mass is 258 g/mol. The van der Waals surface area contributed by atoms with E-state index in [2.05, 4.69) is 30.9 Å². The van der Waals surface area contributed by atoms with E-state index in [-0.39, 0.29) is 0 Å². The number of aromatic nitrogens is 3. The Hall–Kier alpha value is -0.420. The number of rotatable bonds is 3. The summed E-state index contributed by atoms with van der Waals surface area (Å²) in [5.41, 5.74) is 0. The summed E-state index contributed by atoms with van der Waals surface area (Å²) >= 11 is 3.55. The van der Waals surface area contributed by atoms with Gasteiger partial charge in [-0.05, 0) is 19.4 Å². The van der Waals surface area contributed by atoms with Crippen LogP contribution >= 0.6 is 15.9 Å². The van der Waals surface area contributed by atoms with Crippen molar-refractivity contribution in [3.05, 3.63) is 12.2 Å². The smallest absolute Gasteiger partial charge is 0.140 e. The fourth-order valence-corrected chi connectivity index (χ4v) is 2.66. The molecule has 0 aromatic carbocycles. The van der Waals surface area contributed by atoms with Gasteiger partial charge in [-0.3, -0.25) is 9.58 Å². The lowest BCUT2D eigenvalue weighted by Gasteiger charge is -2.21. The van der Waals surface area contributed by atoms with Crippen LogP contribution in [0.25, 0.3) is 0 Å². The van der Waals surface area contributed by atoms with Gasteiger partial charge in [0.2, 0.25) is 0 Å². The maximum absolute atomic E-state index is 4.24. The van der Waals surface area contributed by atoms with Crippen molar-refractivity contribution in [2.75, 3.05) is 11.9 Å². The predicted octanol–water partition coefficient (Wildman–Crippen LogP) is 1.17. The maximum atomic E-state index is 4.24. The highest BCUT2D eigenvalue weighted by Crippen LogP contribution is 2.20. The van der Waals surface area contributed by atoms with Crippen LogP contribution in [-0.2, 0) is 13.6 Å². The van der Waals surface area contributed by atoms with Crippen LogP contribution in [0.15, 0.2) is 6.33 Å². The fraction of sp³-hybridized carbons (Fsp3) is 0.778. The molecule has 0 amide bonds. The molecule has 1 aromatic rings. The molecular formula is C9H15BrN4. The lowest BCUT2D eigenvalue weighted by Crippen LogP contribution is -2.31. The van der Waals surface area contributed by atoms with Crippen LogP contribution in [-0.4, -0.2) is 37.6 Å². The molecule has 1 unspecified atom stereocenters. The normalized spacial score (nSPS) is 23.1. The number of aryl methyl sites for hydroxylation is 1. The Labute approximate surface area is 92.4 Å². The minimum atomic E-state index is 0.673. The number of hydrogen-bond donors (Lipinski definition) is 0. The van der Waals surface area contributed by atoms with Crippen molar-refractivity contribution in [1.29, 1.82) is 0 Å². The quantitative estimate of drug-likeness (QED) is 0.764. The molecular weight excluding hydrogens is 244 g/mol. The molecule has 2 heterocycles. The molecule has 1 aromatic heterocycles. The van der Waals surface area contributed by atoms with Gasteiger partial charge in [0.15, 0.2) is 0 Å². The number of nitrogens with zero attached hydrogens (tertiary/aromatic N) is 4. The predicted molar refractivity (Wildman–Crippen MR) is 58.2 cm³/mol. The van der Waals surface area contributed by atoms with E-state index >= 15 is 0 Å². The molecule has 1 aliphatic rings. The van der Waals surface area contributed by atoms with E-state index < -0.39 is 0 Å². The van der Waals surface area contributed by atoms with Gasteiger partial charge < -0.3 is 0 Å². The van der Waals surface area contributed by atoms with Crippen molar-refractivity contribution in [3.8, 4) is 0 Å². The third-order valence-electron chi connectivity index (χ3n) is 2.83. The molecule has 1 atom stereocenters. The van der Waals surface area contributed by atoms with E-state index in [1.807, 2.05) is 11.7 Å². The molecule has 1 aliphatic heterocycles. The van der Waals surface area contributed by atoms with Crippen molar-refractivity contribution in [2.45, 2.75) is 25.4 Å². The second-order valence-electron chi connectivity index (χ2n) is 3.72. The molecule has 4 nitrogen and oxygen atoms in total. The minimum absolute atomic E-state index is 0.673. The minimum Gasteiger partial charge on any atom is -0.292 e. The number of likely N-dealkylation sites (tertiary alicyclic amines) is 1. The van der Waals surface area contributed by atoms with Gasteiger partial charge in [-0.2, -0.15) is 5.10 Å². The zero-order chi connectivity index (χ0) is 9.97.